The number of hydrogen-bond donors (Lipinski definition) is 1. The third kappa shape index (κ3) is 7.78. The summed E-state index contributed by atoms with van der Waals surface area (Å²) in [5, 5.41) is 5.12. The Morgan fingerprint density at radius 2 is 1.85 bits per heavy atom. The highest BCUT2D eigenvalue weighted by Gasteiger charge is 2.30. The average molecular weight is 557 g/mol. The minimum Gasteiger partial charge on any atom is -0.497 e. The molecule has 11 heteroatoms. The van der Waals surface area contributed by atoms with Gasteiger partial charge in [0, 0.05) is 36.3 Å². The lowest BCUT2D eigenvalue weighted by atomic mass is 10.1. The van der Waals surface area contributed by atoms with Crippen LogP contribution < -0.4 is 14.8 Å². The summed E-state index contributed by atoms with van der Waals surface area (Å²) in [6.07, 6.45) is -2.79. The summed E-state index contributed by atoms with van der Waals surface area (Å²) in [5.41, 5.74) is 1.62. The van der Waals surface area contributed by atoms with Gasteiger partial charge < -0.3 is 14.8 Å². The Morgan fingerprint density at radius 1 is 1.00 bits per heavy atom. The Morgan fingerprint density at radius 3 is 2.56 bits per heavy atom. The number of thiazole rings is 1. The Bertz CT molecular complexity index is 1400. The zero-order valence-corrected chi connectivity index (χ0v) is 22.2. The highest BCUT2D eigenvalue weighted by Crippen LogP contribution is 2.31. The maximum Gasteiger partial charge on any atom is 0.416 e. The van der Waals surface area contributed by atoms with Crippen molar-refractivity contribution in [3.8, 4) is 11.5 Å². The van der Waals surface area contributed by atoms with E-state index >= 15 is 0 Å². The smallest absolute Gasteiger partial charge is 0.416 e. The fourth-order valence-electron chi connectivity index (χ4n) is 3.94. The van der Waals surface area contributed by atoms with Gasteiger partial charge in [-0.1, -0.05) is 30.3 Å². The van der Waals surface area contributed by atoms with Crippen LogP contribution in [0.15, 0.2) is 72.2 Å². The molecule has 39 heavy (non-hydrogen) atoms. The molecule has 0 fully saturated rings. The van der Waals surface area contributed by atoms with Gasteiger partial charge in [0.15, 0.2) is 0 Å². The molecule has 7 nitrogen and oxygen atoms in total. The molecule has 0 aliphatic heterocycles. The zero-order chi connectivity index (χ0) is 27.8. The highest BCUT2D eigenvalue weighted by atomic mass is 32.1. The molecule has 2 heterocycles. The zero-order valence-electron chi connectivity index (χ0n) is 21.4. The van der Waals surface area contributed by atoms with Crippen molar-refractivity contribution in [1.82, 2.24) is 20.2 Å². The highest BCUT2D eigenvalue weighted by molar-refractivity contribution is 7.09. The van der Waals surface area contributed by atoms with Crippen LogP contribution in [0.5, 0.6) is 11.5 Å². The maximum absolute atomic E-state index is 13.3. The van der Waals surface area contributed by atoms with Gasteiger partial charge in [0.05, 0.1) is 38.6 Å². The van der Waals surface area contributed by atoms with Crippen LogP contribution in [0.3, 0.4) is 0 Å². The molecule has 2 aromatic heterocycles. The summed E-state index contributed by atoms with van der Waals surface area (Å²) in [6, 6.07) is 16.1. The van der Waals surface area contributed by atoms with Gasteiger partial charge in [-0.15, -0.1) is 11.3 Å². The van der Waals surface area contributed by atoms with Gasteiger partial charge in [-0.2, -0.15) is 13.2 Å². The minimum absolute atomic E-state index is 0.222. The number of pyridine rings is 1. The Labute approximate surface area is 228 Å². The lowest BCUT2D eigenvalue weighted by molar-refractivity contribution is -0.137. The normalized spacial score (nSPS) is 11.4. The number of alkyl halides is 3. The second kappa shape index (κ2) is 12.7. The van der Waals surface area contributed by atoms with Gasteiger partial charge in [-0.25, -0.2) is 4.98 Å². The largest absolute Gasteiger partial charge is 0.497 e. The fourth-order valence-corrected chi connectivity index (χ4v) is 4.75. The van der Waals surface area contributed by atoms with E-state index in [1.807, 2.05) is 23.1 Å². The molecular weight excluding hydrogens is 529 g/mol. The molecule has 0 saturated heterocycles. The number of rotatable bonds is 11. The van der Waals surface area contributed by atoms with Crippen molar-refractivity contribution in [1.29, 1.82) is 0 Å². The fraction of sp³-hybridized carbons (Fsp3) is 0.250. The summed E-state index contributed by atoms with van der Waals surface area (Å²) in [5.74, 6) is 0.892. The standard InChI is InChI=1S/C28H27F3N4O3S/c1-37-23-10-9-20(25(13-23)38-2)16-35(15-19-6-5-7-21(12-19)28(29,30)31)17-26-34-24(18-39-26)27(36)33-14-22-8-3-4-11-32-22/h3-13,18H,14-17H2,1-2H3,(H,33,36). The molecule has 0 saturated carbocycles. The molecule has 0 bridgehead atoms. The van der Waals surface area contributed by atoms with Crippen molar-refractivity contribution in [2.24, 2.45) is 0 Å². The molecule has 0 spiro atoms. The second-order valence-corrected chi connectivity index (χ2v) is 9.59. The second-order valence-electron chi connectivity index (χ2n) is 8.65. The van der Waals surface area contributed by atoms with E-state index in [-0.39, 0.29) is 24.7 Å². The average Bonchev–Trinajstić information content (AvgIpc) is 3.40. The van der Waals surface area contributed by atoms with Gasteiger partial charge in [0.25, 0.3) is 5.91 Å². The number of nitrogens with zero attached hydrogens (tertiary/aromatic N) is 3. The molecule has 0 radical (unpaired) electrons. The van der Waals surface area contributed by atoms with Gasteiger partial charge in [-0.3, -0.25) is 14.7 Å². The van der Waals surface area contributed by atoms with Crippen LogP contribution in [-0.2, 0) is 32.4 Å². The van der Waals surface area contributed by atoms with Crippen molar-refractivity contribution in [2.75, 3.05) is 14.2 Å². The molecule has 1 N–H and O–H groups in total. The van der Waals surface area contributed by atoms with Crippen LogP contribution in [0.2, 0.25) is 0 Å². The van der Waals surface area contributed by atoms with E-state index in [2.05, 4.69) is 15.3 Å². The quantitative estimate of drug-likeness (QED) is 0.255. The summed E-state index contributed by atoms with van der Waals surface area (Å²) in [4.78, 5) is 23.3. The first-order valence-corrected chi connectivity index (χ1v) is 12.8. The summed E-state index contributed by atoms with van der Waals surface area (Å²) in [7, 11) is 3.10. The topological polar surface area (TPSA) is 76.6 Å². The number of amides is 1. The molecule has 204 valence electrons. The van der Waals surface area contributed by atoms with Crippen LogP contribution in [-0.4, -0.2) is 35.0 Å². The number of carbonyl (C=O) groups is 1. The lowest BCUT2D eigenvalue weighted by Crippen LogP contribution is -2.25. The third-order valence-corrected chi connectivity index (χ3v) is 6.68. The molecule has 0 aliphatic carbocycles. The Kier molecular flexibility index (Phi) is 9.15. The molecular formula is C28H27F3N4O3S. The molecule has 4 aromatic rings. The number of ether oxygens (including phenoxy) is 2. The maximum atomic E-state index is 13.3. The van der Waals surface area contributed by atoms with E-state index < -0.39 is 11.7 Å². The van der Waals surface area contributed by atoms with Crippen molar-refractivity contribution < 1.29 is 27.4 Å². The summed E-state index contributed by atoms with van der Waals surface area (Å²) >= 11 is 1.31. The number of methoxy groups -OCH3 is 2. The number of benzene rings is 2. The molecule has 0 unspecified atom stereocenters. The number of carbonyl (C=O) groups excluding carboxylic acids is 1. The van der Waals surface area contributed by atoms with E-state index in [0.29, 0.717) is 35.2 Å². The first-order valence-electron chi connectivity index (χ1n) is 12.0. The van der Waals surface area contributed by atoms with E-state index in [4.69, 9.17) is 9.47 Å². The van der Waals surface area contributed by atoms with Gasteiger partial charge >= 0.3 is 6.18 Å². The Balaban J connectivity index is 1.53. The molecule has 0 aliphatic rings. The molecule has 1 amide bonds. The van der Waals surface area contributed by atoms with Crippen molar-refractivity contribution in [3.63, 3.8) is 0 Å². The van der Waals surface area contributed by atoms with E-state index in [1.54, 1.807) is 50.1 Å². The molecule has 2 aromatic carbocycles. The predicted molar refractivity (Wildman–Crippen MR) is 141 cm³/mol. The summed E-state index contributed by atoms with van der Waals surface area (Å²) < 4.78 is 50.8. The first kappa shape index (κ1) is 28.1. The van der Waals surface area contributed by atoms with E-state index in [1.165, 1.54) is 17.4 Å². The lowest BCUT2D eigenvalue weighted by Gasteiger charge is -2.23. The van der Waals surface area contributed by atoms with Crippen molar-refractivity contribution >= 4 is 17.2 Å². The monoisotopic (exact) mass is 556 g/mol. The number of halogens is 3. The van der Waals surface area contributed by atoms with Crippen LogP contribution in [0.1, 0.15) is 37.9 Å². The molecule has 4 rings (SSSR count). The van der Waals surface area contributed by atoms with Gasteiger partial charge in [0.1, 0.15) is 22.2 Å². The van der Waals surface area contributed by atoms with Crippen molar-refractivity contribution in [3.05, 3.63) is 105 Å². The Hall–Kier alpha value is -3.96. The third-order valence-electron chi connectivity index (χ3n) is 5.85. The number of nitrogens with one attached hydrogen (secondary N) is 1. The van der Waals surface area contributed by atoms with Crippen LogP contribution in [0, 0.1) is 0 Å². The van der Waals surface area contributed by atoms with Crippen molar-refractivity contribution in [2.45, 2.75) is 32.4 Å². The molecule has 0 atom stereocenters. The number of hydrogen-bond acceptors (Lipinski definition) is 7. The number of aromatic nitrogens is 2. The van der Waals surface area contributed by atoms with E-state index in [9.17, 15) is 18.0 Å². The van der Waals surface area contributed by atoms with Crippen LogP contribution in [0.25, 0.3) is 0 Å². The predicted octanol–water partition coefficient (Wildman–Crippen LogP) is 5.71. The SMILES string of the molecule is COc1ccc(CN(Cc2cccc(C(F)(F)F)c2)Cc2nc(C(=O)NCc3ccccn3)cs2)c(OC)c1. The summed E-state index contributed by atoms with van der Waals surface area (Å²) in [6.45, 7) is 1.17. The minimum atomic E-state index is -4.44. The first-order chi connectivity index (χ1) is 18.7. The van der Waals surface area contributed by atoms with Crippen LogP contribution >= 0.6 is 11.3 Å². The van der Waals surface area contributed by atoms with Crippen LogP contribution in [0.4, 0.5) is 13.2 Å². The van der Waals surface area contributed by atoms with Gasteiger partial charge in [0.2, 0.25) is 0 Å². The van der Waals surface area contributed by atoms with Gasteiger partial charge in [-0.05, 0) is 29.8 Å². The van der Waals surface area contributed by atoms with E-state index in [0.717, 1.165) is 23.4 Å².